The second-order valence-corrected chi connectivity index (χ2v) is 7.53. The molecule has 3 aromatic rings. The number of aliphatic hydroxyl groups excluding tert-OH is 3. The van der Waals surface area contributed by atoms with E-state index in [1.165, 1.54) is 31.4 Å². The molecule has 34 heavy (non-hydrogen) atoms. The number of aliphatic hydroxyl groups is 3. The number of hydrogen-bond acceptors (Lipinski definition) is 11. The lowest BCUT2D eigenvalue weighted by Crippen LogP contribution is -2.61. The molecule has 1 aromatic heterocycles. The first-order chi connectivity index (χ1) is 16.1. The van der Waals surface area contributed by atoms with Crippen LogP contribution in [0, 0.1) is 0 Å². The number of ether oxygens (including phenoxy) is 3. The fourth-order valence-corrected chi connectivity index (χ4v) is 3.58. The van der Waals surface area contributed by atoms with Crippen molar-refractivity contribution in [1.82, 2.24) is 0 Å². The summed E-state index contributed by atoms with van der Waals surface area (Å²) >= 11 is 0. The van der Waals surface area contributed by atoms with Crippen molar-refractivity contribution in [3.8, 4) is 34.3 Å². The van der Waals surface area contributed by atoms with Gasteiger partial charge in [0.2, 0.25) is 6.29 Å². The van der Waals surface area contributed by atoms with Crippen LogP contribution < -0.4 is 14.9 Å². The molecule has 0 radical (unpaired) electrons. The highest BCUT2D eigenvalue weighted by Crippen LogP contribution is 2.35. The average molecular weight is 476 g/mol. The molecule has 0 bridgehead atoms. The number of fused-ring (bicyclic) bond motifs is 1. The van der Waals surface area contributed by atoms with Gasteiger partial charge in [-0.1, -0.05) is 0 Å². The van der Waals surface area contributed by atoms with Gasteiger partial charge in [0.05, 0.1) is 7.11 Å². The van der Waals surface area contributed by atoms with Crippen LogP contribution in [-0.2, 0) is 9.53 Å². The Hall–Kier alpha value is -3.84. The molecule has 1 fully saturated rings. The fourth-order valence-electron chi connectivity index (χ4n) is 3.58. The number of aliphatic carboxylic acids is 1. The van der Waals surface area contributed by atoms with Gasteiger partial charge in [-0.05, 0) is 18.2 Å². The third-order valence-corrected chi connectivity index (χ3v) is 5.31. The summed E-state index contributed by atoms with van der Waals surface area (Å²) in [6.45, 7) is 0. The van der Waals surface area contributed by atoms with Crippen LogP contribution in [0.1, 0.15) is 0 Å². The van der Waals surface area contributed by atoms with E-state index in [4.69, 9.17) is 23.7 Å². The maximum Gasteiger partial charge on any atom is 0.335 e. The van der Waals surface area contributed by atoms with Crippen LogP contribution in [0.2, 0.25) is 0 Å². The van der Waals surface area contributed by atoms with Gasteiger partial charge in [0.25, 0.3) is 0 Å². The predicted octanol–water partition coefficient (Wildman–Crippen LogP) is 0.151. The smallest absolute Gasteiger partial charge is 0.335 e. The van der Waals surface area contributed by atoms with Gasteiger partial charge in [-0.15, -0.1) is 0 Å². The number of phenols is 2. The van der Waals surface area contributed by atoms with E-state index in [0.29, 0.717) is 5.56 Å². The molecule has 0 amide bonds. The van der Waals surface area contributed by atoms with Gasteiger partial charge in [-0.25, -0.2) is 4.79 Å². The number of carbonyl (C=O) groups is 1. The standard InChI is InChI=1S/C22H20O12/c1-31-13-3-2-8(4-10(13)23)14-7-12(25)16-11(24)5-9(6-15(16)33-14)32-22-19(28)17(26)18(27)20(34-22)21(29)30/h2-7,17-20,22-24,26-28H,1H3,(H,29,30)/t17-,18-,19+,20-,22+/m0/s1. The van der Waals surface area contributed by atoms with Crippen molar-refractivity contribution in [1.29, 1.82) is 0 Å². The molecular weight excluding hydrogens is 456 g/mol. The maximum atomic E-state index is 12.6. The average Bonchev–Trinajstić information content (AvgIpc) is 2.78. The topological polar surface area (TPSA) is 196 Å². The lowest BCUT2D eigenvalue weighted by Gasteiger charge is -2.38. The van der Waals surface area contributed by atoms with Crippen molar-refractivity contribution in [3.63, 3.8) is 0 Å². The summed E-state index contributed by atoms with van der Waals surface area (Å²) in [5.74, 6) is -2.26. The molecule has 5 atom stereocenters. The fraction of sp³-hybridized carbons (Fsp3) is 0.273. The first-order valence-corrected chi connectivity index (χ1v) is 9.88. The number of phenolic OH excluding ortho intramolecular Hbond substituents is 2. The van der Waals surface area contributed by atoms with Crippen LogP contribution in [0.15, 0.2) is 45.6 Å². The van der Waals surface area contributed by atoms with Gasteiger partial charge in [0, 0.05) is 23.8 Å². The Kier molecular flexibility index (Phi) is 6.06. The predicted molar refractivity (Wildman–Crippen MR) is 113 cm³/mol. The van der Waals surface area contributed by atoms with Crippen LogP contribution in [0.25, 0.3) is 22.3 Å². The normalized spacial score (nSPS) is 24.6. The minimum Gasteiger partial charge on any atom is -0.507 e. The van der Waals surface area contributed by atoms with Crippen molar-refractivity contribution in [2.75, 3.05) is 7.11 Å². The Morgan fingerprint density at radius 2 is 1.71 bits per heavy atom. The van der Waals surface area contributed by atoms with Crippen LogP contribution in [-0.4, -0.2) is 74.4 Å². The zero-order valence-electron chi connectivity index (χ0n) is 17.5. The molecule has 12 nitrogen and oxygen atoms in total. The SMILES string of the molecule is COc1ccc(-c2cc(=O)c3c(O)cc(O[C@@H]4O[C@H](C(=O)O)[C@@H](O)[C@H](O)[C@H]4O)cc3o2)cc1O. The summed E-state index contributed by atoms with van der Waals surface area (Å²) in [4.78, 5) is 23.9. The molecule has 0 aliphatic carbocycles. The lowest BCUT2D eigenvalue weighted by atomic mass is 9.99. The second-order valence-electron chi connectivity index (χ2n) is 7.53. The summed E-state index contributed by atoms with van der Waals surface area (Å²) in [5, 5.41) is 59.2. The molecule has 0 unspecified atom stereocenters. The zero-order chi connectivity index (χ0) is 24.7. The number of aromatic hydroxyl groups is 2. The number of carboxylic acids is 1. The van der Waals surface area contributed by atoms with Crippen molar-refractivity contribution in [3.05, 3.63) is 46.6 Å². The molecule has 2 heterocycles. The summed E-state index contributed by atoms with van der Waals surface area (Å²) in [7, 11) is 1.38. The third kappa shape index (κ3) is 4.10. The Morgan fingerprint density at radius 1 is 0.971 bits per heavy atom. The third-order valence-electron chi connectivity index (χ3n) is 5.31. The van der Waals surface area contributed by atoms with Crippen molar-refractivity contribution >= 4 is 16.9 Å². The number of hydrogen-bond donors (Lipinski definition) is 6. The maximum absolute atomic E-state index is 12.6. The van der Waals surface area contributed by atoms with E-state index < -0.39 is 47.9 Å². The van der Waals surface area contributed by atoms with Crippen molar-refractivity contribution in [2.45, 2.75) is 30.7 Å². The van der Waals surface area contributed by atoms with Crippen LogP contribution in [0.3, 0.4) is 0 Å². The number of methoxy groups -OCH3 is 1. The van der Waals surface area contributed by atoms with E-state index in [1.807, 2.05) is 0 Å². The van der Waals surface area contributed by atoms with Crippen molar-refractivity contribution in [2.24, 2.45) is 0 Å². The van der Waals surface area contributed by atoms with Gasteiger partial charge < -0.3 is 49.3 Å². The highest BCUT2D eigenvalue weighted by Gasteiger charge is 2.48. The van der Waals surface area contributed by atoms with E-state index in [0.717, 1.165) is 12.1 Å². The van der Waals surface area contributed by atoms with E-state index in [2.05, 4.69) is 0 Å². The molecule has 6 N–H and O–H groups in total. The second kappa shape index (κ2) is 8.83. The molecule has 2 aromatic carbocycles. The van der Waals surface area contributed by atoms with Crippen molar-refractivity contribution < 1.29 is 54.1 Å². The molecule has 0 saturated carbocycles. The molecular formula is C22H20O12. The number of rotatable bonds is 5. The van der Waals surface area contributed by atoms with Gasteiger partial charge in [-0.3, -0.25) is 4.79 Å². The van der Waals surface area contributed by atoms with E-state index in [-0.39, 0.29) is 34.0 Å². The Morgan fingerprint density at radius 3 is 2.35 bits per heavy atom. The van der Waals surface area contributed by atoms with Gasteiger partial charge >= 0.3 is 5.97 Å². The van der Waals surface area contributed by atoms with Gasteiger partial charge in [0.1, 0.15) is 46.5 Å². The largest absolute Gasteiger partial charge is 0.507 e. The summed E-state index contributed by atoms with van der Waals surface area (Å²) in [6, 6.07) is 7.63. The minimum absolute atomic E-state index is 0.0467. The minimum atomic E-state index is -1.90. The summed E-state index contributed by atoms with van der Waals surface area (Å²) in [6.07, 6.45) is -9.24. The van der Waals surface area contributed by atoms with Gasteiger partial charge in [-0.2, -0.15) is 0 Å². The molecule has 1 saturated heterocycles. The lowest BCUT2D eigenvalue weighted by molar-refractivity contribution is -0.271. The van der Waals surface area contributed by atoms with Gasteiger partial charge in [0.15, 0.2) is 23.0 Å². The molecule has 1 aliphatic heterocycles. The Balaban J connectivity index is 1.72. The summed E-state index contributed by atoms with van der Waals surface area (Å²) in [5.41, 5.74) is -0.405. The Bertz CT molecular complexity index is 1300. The molecule has 0 spiro atoms. The van der Waals surface area contributed by atoms with E-state index >= 15 is 0 Å². The zero-order valence-corrected chi connectivity index (χ0v) is 17.5. The molecule has 180 valence electrons. The highest BCUT2D eigenvalue weighted by molar-refractivity contribution is 5.86. The van der Waals surface area contributed by atoms with Crippen LogP contribution in [0.5, 0.6) is 23.0 Å². The molecule has 4 rings (SSSR count). The first-order valence-electron chi connectivity index (χ1n) is 9.88. The highest BCUT2D eigenvalue weighted by atomic mass is 16.7. The molecule has 1 aliphatic rings. The van der Waals surface area contributed by atoms with E-state index in [1.54, 1.807) is 0 Å². The van der Waals surface area contributed by atoms with Crippen LogP contribution in [0.4, 0.5) is 0 Å². The summed E-state index contributed by atoms with van der Waals surface area (Å²) < 4.78 is 21.2. The number of carboxylic acid groups (broad SMARTS) is 1. The molecule has 12 heteroatoms. The Labute approximate surface area is 190 Å². The van der Waals surface area contributed by atoms with E-state index in [9.17, 15) is 35.1 Å². The number of benzene rings is 2. The quantitative estimate of drug-likeness (QED) is 0.292. The first kappa shape index (κ1) is 23.3. The monoisotopic (exact) mass is 476 g/mol. The van der Waals surface area contributed by atoms with Crippen LogP contribution >= 0.6 is 0 Å².